The highest BCUT2D eigenvalue weighted by Crippen LogP contribution is 2.21. The van der Waals surface area contributed by atoms with Gasteiger partial charge in [0, 0.05) is 38.8 Å². The van der Waals surface area contributed by atoms with Crippen molar-refractivity contribution >= 4 is 0 Å². The standard InChI is InChI=1S/C18H31N3/c1-5-19-18(17-13-15(3)7-8-16(17)4)14-21-11-9-20(6-2)10-12-21/h7-8,13,18-19H,5-6,9-12,14H2,1-4H3. The molecule has 0 bridgehead atoms. The fraction of sp³-hybridized carbons (Fsp3) is 0.667. The summed E-state index contributed by atoms with van der Waals surface area (Å²) in [6.45, 7) is 17.0. The Morgan fingerprint density at radius 3 is 2.33 bits per heavy atom. The second-order valence-corrected chi connectivity index (χ2v) is 6.21. The predicted molar refractivity (Wildman–Crippen MR) is 90.9 cm³/mol. The molecule has 0 aromatic heterocycles. The molecule has 1 N–H and O–H groups in total. The molecule has 1 fully saturated rings. The fourth-order valence-electron chi connectivity index (χ4n) is 3.20. The molecule has 1 aliphatic rings. The van der Waals surface area contributed by atoms with E-state index in [9.17, 15) is 0 Å². The van der Waals surface area contributed by atoms with E-state index in [1.54, 1.807) is 0 Å². The maximum Gasteiger partial charge on any atom is 0.0451 e. The van der Waals surface area contributed by atoms with Crippen LogP contribution in [0.15, 0.2) is 18.2 Å². The first-order valence-corrected chi connectivity index (χ1v) is 8.39. The van der Waals surface area contributed by atoms with Crippen molar-refractivity contribution in [3.63, 3.8) is 0 Å². The number of benzene rings is 1. The van der Waals surface area contributed by atoms with Gasteiger partial charge in [-0.25, -0.2) is 0 Å². The lowest BCUT2D eigenvalue weighted by atomic mass is 9.98. The number of hydrogen-bond donors (Lipinski definition) is 1. The Kier molecular flexibility index (Phi) is 6.22. The van der Waals surface area contributed by atoms with Gasteiger partial charge in [0.15, 0.2) is 0 Å². The first-order chi connectivity index (χ1) is 10.1. The molecule has 118 valence electrons. The van der Waals surface area contributed by atoms with E-state index in [1.165, 1.54) is 49.4 Å². The van der Waals surface area contributed by atoms with Crippen molar-refractivity contribution in [3.8, 4) is 0 Å². The van der Waals surface area contributed by atoms with Crippen LogP contribution in [-0.2, 0) is 0 Å². The van der Waals surface area contributed by atoms with Crippen LogP contribution in [0.3, 0.4) is 0 Å². The monoisotopic (exact) mass is 289 g/mol. The van der Waals surface area contributed by atoms with E-state index in [4.69, 9.17) is 0 Å². The SMILES string of the molecule is CCNC(CN1CCN(CC)CC1)c1cc(C)ccc1C. The van der Waals surface area contributed by atoms with Crippen molar-refractivity contribution in [3.05, 3.63) is 34.9 Å². The highest BCUT2D eigenvalue weighted by atomic mass is 15.3. The number of nitrogens with zero attached hydrogens (tertiary/aromatic N) is 2. The lowest BCUT2D eigenvalue weighted by Gasteiger charge is -2.36. The minimum atomic E-state index is 0.447. The van der Waals surface area contributed by atoms with Crippen molar-refractivity contribution < 1.29 is 0 Å². The van der Waals surface area contributed by atoms with E-state index in [2.05, 4.69) is 61.0 Å². The molecule has 1 atom stereocenters. The smallest absolute Gasteiger partial charge is 0.0451 e. The minimum absolute atomic E-state index is 0.447. The number of piperazine rings is 1. The van der Waals surface area contributed by atoms with E-state index in [0.717, 1.165) is 13.1 Å². The first kappa shape index (κ1) is 16.5. The second kappa shape index (κ2) is 7.92. The van der Waals surface area contributed by atoms with Gasteiger partial charge in [-0.3, -0.25) is 4.90 Å². The number of aryl methyl sites for hydroxylation is 2. The van der Waals surface area contributed by atoms with Crippen LogP contribution in [0.5, 0.6) is 0 Å². The van der Waals surface area contributed by atoms with Crippen LogP contribution in [-0.4, -0.2) is 55.6 Å². The average molecular weight is 289 g/mol. The molecule has 1 saturated heterocycles. The third-order valence-corrected chi connectivity index (χ3v) is 4.61. The Bertz CT molecular complexity index is 436. The first-order valence-electron chi connectivity index (χ1n) is 8.39. The van der Waals surface area contributed by atoms with Crippen molar-refractivity contribution in [2.75, 3.05) is 45.8 Å². The highest BCUT2D eigenvalue weighted by Gasteiger charge is 2.20. The van der Waals surface area contributed by atoms with Gasteiger partial charge in [-0.05, 0) is 38.1 Å². The summed E-state index contributed by atoms with van der Waals surface area (Å²) in [5.74, 6) is 0. The number of rotatable bonds is 6. The van der Waals surface area contributed by atoms with Crippen LogP contribution in [0.1, 0.15) is 36.6 Å². The highest BCUT2D eigenvalue weighted by molar-refractivity contribution is 5.33. The van der Waals surface area contributed by atoms with E-state index in [0.29, 0.717) is 6.04 Å². The molecule has 3 heteroatoms. The lowest BCUT2D eigenvalue weighted by molar-refractivity contribution is 0.127. The summed E-state index contributed by atoms with van der Waals surface area (Å²) in [7, 11) is 0. The van der Waals surface area contributed by atoms with Crippen LogP contribution >= 0.6 is 0 Å². The zero-order valence-electron chi connectivity index (χ0n) is 14.2. The molecule has 0 radical (unpaired) electrons. The summed E-state index contributed by atoms with van der Waals surface area (Å²) in [6, 6.07) is 7.26. The molecule has 3 nitrogen and oxygen atoms in total. The van der Waals surface area contributed by atoms with Gasteiger partial charge < -0.3 is 10.2 Å². The maximum absolute atomic E-state index is 3.68. The Hall–Kier alpha value is -0.900. The van der Waals surface area contributed by atoms with Gasteiger partial charge in [0.25, 0.3) is 0 Å². The normalized spacial score (nSPS) is 18.9. The average Bonchev–Trinajstić information content (AvgIpc) is 2.50. The molecule has 1 aliphatic heterocycles. The maximum atomic E-state index is 3.68. The van der Waals surface area contributed by atoms with Gasteiger partial charge in [0.05, 0.1) is 0 Å². The van der Waals surface area contributed by atoms with E-state index in [1.807, 2.05) is 0 Å². The number of nitrogens with one attached hydrogen (secondary N) is 1. The summed E-state index contributed by atoms with van der Waals surface area (Å²) in [5.41, 5.74) is 4.22. The number of likely N-dealkylation sites (N-methyl/N-ethyl adjacent to an activating group) is 2. The molecular formula is C18H31N3. The van der Waals surface area contributed by atoms with Gasteiger partial charge in [0.1, 0.15) is 0 Å². The quantitative estimate of drug-likeness (QED) is 0.868. The Balaban J connectivity index is 2.04. The molecule has 0 spiro atoms. The van der Waals surface area contributed by atoms with Crippen LogP contribution in [0.2, 0.25) is 0 Å². The van der Waals surface area contributed by atoms with E-state index >= 15 is 0 Å². The molecule has 0 saturated carbocycles. The summed E-state index contributed by atoms with van der Waals surface area (Å²) in [5, 5.41) is 3.68. The lowest BCUT2D eigenvalue weighted by Crippen LogP contribution is -2.48. The molecule has 2 rings (SSSR count). The van der Waals surface area contributed by atoms with Gasteiger partial charge in [-0.2, -0.15) is 0 Å². The molecule has 21 heavy (non-hydrogen) atoms. The van der Waals surface area contributed by atoms with Crippen molar-refractivity contribution in [1.82, 2.24) is 15.1 Å². The topological polar surface area (TPSA) is 18.5 Å². The molecule has 0 aliphatic carbocycles. The summed E-state index contributed by atoms with van der Waals surface area (Å²) in [6.07, 6.45) is 0. The van der Waals surface area contributed by atoms with E-state index < -0.39 is 0 Å². The van der Waals surface area contributed by atoms with Crippen LogP contribution in [0.4, 0.5) is 0 Å². The summed E-state index contributed by atoms with van der Waals surface area (Å²) in [4.78, 5) is 5.15. The van der Waals surface area contributed by atoms with Crippen LogP contribution in [0.25, 0.3) is 0 Å². The van der Waals surface area contributed by atoms with E-state index in [-0.39, 0.29) is 0 Å². The fourth-order valence-corrected chi connectivity index (χ4v) is 3.20. The predicted octanol–water partition coefficient (Wildman–Crippen LogP) is 2.59. The Labute approximate surface area is 130 Å². The van der Waals surface area contributed by atoms with Crippen LogP contribution in [0, 0.1) is 13.8 Å². The summed E-state index contributed by atoms with van der Waals surface area (Å²) < 4.78 is 0. The summed E-state index contributed by atoms with van der Waals surface area (Å²) >= 11 is 0. The van der Waals surface area contributed by atoms with Gasteiger partial charge >= 0.3 is 0 Å². The van der Waals surface area contributed by atoms with Gasteiger partial charge in [-0.15, -0.1) is 0 Å². The van der Waals surface area contributed by atoms with Gasteiger partial charge in [-0.1, -0.05) is 37.6 Å². The van der Waals surface area contributed by atoms with Gasteiger partial charge in [0.2, 0.25) is 0 Å². The zero-order valence-corrected chi connectivity index (χ0v) is 14.2. The second-order valence-electron chi connectivity index (χ2n) is 6.21. The largest absolute Gasteiger partial charge is 0.309 e. The third-order valence-electron chi connectivity index (χ3n) is 4.61. The molecular weight excluding hydrogens is 258 g/mol. The molecule has 1 unspecified atom stereocenters. The van der Waals surface area contributed by atoms with Crippen molar-refractivity contribution in [2.24, 2.45) is 0 Å². The third kappa shape index (κ3) is 4.53. The number of hydrogen-bond acceptors (Lipinski definition) is 3. The molecule has 1 heterocycles. The molecule has 1 aromatic rings. The Morgan fingerprint density at radius 2 is 1.71 bits per heavy atom. The van der Waals surface area contributed by atoms with Crippen molar-refractivity contribution in [2.45, 2.75) is 33.7 Å². The minimum Gasteiger partial charge on any atom is -0.309 e. The Morgan fingerprint density at radius 1 is 1.05 bits per heavy atom. The van der Waals surface area contributed by atoms with Crippen LogP contribution < -0.4 is 5.32 Å². The van der Waals surface area contributed by atoms with Crippen molar-refractivity contribution in [1.29, 1.82) is 0 Å². The molecule has 1 aromatic carbocycles. The molecule has 0 amide bonds. The zero-order chi connectivity index (χ0) is 15.2.